The van der Waals surface area contributed by atoms with Gasteiger partial charge in [0.25, 0.3) is 0 Å². The van der Waals surface area contributed by atoms with Crippen LogP contribution in [0.4, 0.5) is 0 Å². The zero-order valence-electron chi connectivity index (χ0n) is 16.8. The first kappa shape index (κ1) is 18.4. The van der Waals surface area contributed by atoms with Gasteiger partial charge in [-0.15, -0.1) is 5.10 Å². The molecule has 7 heteroatoms. The van der Waals surface area contributed by atoms with Gasteiger partial charge in [-0.05, 0) is 30.4 Å². The first-order valence-corrected chi connectivity index (χ1v) is 10.4. The lowest BCUT2D eigenvalue weighted by atomic mass is 10.0. The first-order valence-electron chi connectivity index (χ1n) is 10.4. The molecule has 5 rings (SSSR count). The molecule has 0 radical (unpaired) electrons. The van der Waals surface area contributed by atoms with Gasteiger partial charge < -0.3 is 0 Å². The van der Waals surface area contributed by atoms with Gasteiger partial charge >= 0.3 is 0 Å². The maximum Gasteiger partial charge on any atom is 0.152 e. The first-order chi connectivity index (χ1) is 14.1. The third-order valence-corrected chi connectivity index (χ3v) is 5.93. The van der Waals surface area contributed by atoms with E-state index < -0.39 is 0 Å². The topological polar surface area (TPSA) is 67.2 Å². The number of pyridine rings is 1. The molecule has 1 aliphatic carbocycles. The van der Waals surface area contributed by atoms with Crippen LogP contribution in [0.2, 0.25) is 0 Å². The Balaban J connectivity index is 1.24. The molecule has 7 nitrogen and oxygen atoms in total. The molecule has 3 heterocycles. The summed E-state index contributed by atoms with van der Waals surface area (Å²) in [6.07, 6.45) is 6.84. The summed E-state index contributed by atoms with van der Waals surface area (Å²) in [7, 11) is 1.86. The summed E-state index contributed by atoms with van der Waals surface area (Å²) in [5.41, 5.74) is 2.69. The maximum absolute atomic E-state index is 12.6. The minimum atomic E-state index is 0.238. The monoisotopic (exact) mass is 390 g/mol. The standard InChI is InChI=1S/C22H26N6O/c1-26-15-22(24-25-26)16-2-3-17-13-23-19(11-18(17)10-16)12-21(29)14-27-6-8-28(9-7-27)20-4-5-20/h2-3,10-11,13,15,20H,4-9,12,14H2,1H3. The van der Waals surface area contributed by atoms with Crippen LogP contribution >= 0.6 is 0 Å². The highest BCUT2D eigenvalue weighted by atomic mass is 16.1. The highest BCUT2D eigenvalue weighted by molar-refractivity contribution is 5.88. The molecule has 0 atom stereocenters. The molecule has 0 N–H and O–H groups in total. The minimum Gasteiger partial charge on any atom is -0.298 e. The summed E-state index contributed by atoms with van der Waals surface area (Å²) in [5, 5.41) is 10.3. The molecule has 0 amide bonds. The Morgan fingerprint density at radius 1 is 1.10 bits per heavy atom. The highest BCUT2D eigenvalue weighted by Crippen LogP contribution is 2.27. The highest BCUT2D eigenvalue weighted by Gasteiger charge is 2.31. The van der Waals surface area contributed by atoms with Gasteiger partial charge in [0, 0.05) is 62.1 Å². The number of nitrogens with zero attached hydrogens (tertiary/aromatic N) is 6. The molecule has 150 valence electrons. The second-order valence-corrected chi connectivity index (χ2v) is 8.27. The zero-order valence-corrected chi connectivity index (χ0v) is 16.8. The maximum atomic E-state index is 12.6. The quantitative estimate of drug-likeness (QED) is 0.641. The molecule has 1 saturated heterocycles. The second-order valence-electron chi connectivity index (χ2n) is 8.27. The summed E-state index contributed by atoms with van der Waals surface area (Å²) in [6, 6.07) is 9.00. The van der Waals surface area contributed by atoms with E-state index >= 15 is 0 Å². The normalized spacial score (nSPS) is 18.4. The molecule has 0 unspecified atom stereocenters. The summed E-state index contributed by atoms with van der Waals surface area (Å²) < 4.78 is 1.70. The molecule has 1 aromatic carbocycles. The summed E-state index contributed by atoms with van der Waals surface area (Å²) in [4.78, 5) is 22.0. The predicted molar refractivity (Wildman–Crippen MR) is 111 cm³/mol. The smallest absolute Gasteiger partial charge is 0.152 e. The van der Waals surface area contributed by atoms with Crippen molar-refractivity contribution < 1.29 is 4.79 Å². The van der Waals surface area contributed by atoms with Crippen molar-refractivity contribution in [1.29, 1.82) is 0 Å². The lowest BCUT2D eigenvalue weighted by Gasteiger charge is -2.34. The Bertz CT molecular complexity index is 1030. The summed E-state index contributed by atoms with van der Waals surface area (Å²) in [6.45, 7) is 4.70. The van der Waals surface area contributed by atoms with Crippen LogP contribution in [0, 0.1) is 0 Å². The van der Waals surface area contributed by atoms with Gasteiger partial charge in [-0.25, -0.2) is 0 Å². The summed E-state index contributed by atoms with van der Waals surface area (Å²) in [5.74, 6) is 0.238. The number of piperazine rings is 1. The van der Waals surface area contributed by atoms with Crippen LogP contribution in [0.25, 0.3) is 22.0 Å². The fourth-order valence-corrected chi connectivity index (χ4v) is 4.16. The van der Waals surface area contributed by atoms with Gasteiger partial charge in [-0.2, -0.15) is 0 Å². The Hall–Kier alpha value is -2.64. The summed E-state index contributed by atoms with van der Waals surface area (Å²) >= 11 is 0. The van der Waals surface area contributed by atoms with Crippen LogP contribution in [0.3, 0.4) is 0 Å². The fraction of sp³-hybridized carbons (Fsp3) is 0.455. The Morgan fingerprint density at radius 3 is 2.66 bits per heavy atom. The van der Waals surface area contributed by atoms with E-state index in [0.29, 0.717) is 13.0 Å². The van der Waals surface area contributed by atoms with Crippen molar-refractivity contribution in [1.82, 2.24) is 29.8 Å². The molecule has 2 aliphatic rings. The van der Waals surface area contributed by atoms with Crippen molar-refractivity contribution in [3.05, 3.63) is 42.4 Å². The third-order valence-electron chi connectivity index (χ3n) is 5.93. The second kappa shape index (κ2) is 7.65. The van der Waals surface area contributed by atoms with Crippen molar-refractivity contribution in [3.8, 4) is 11.3 Å². The van der Waals surface area contributed by atoms with Crippen LogP contribution in [0.15, 0.2) is 36.7 Å². The molecular formula is C22H26N6O. The van der Waals surface area contributed by atoms with Crippen molar-refractivity contribution in [2.24, 2.45) is 7.05 Å². The number of carbonyl (C=O) groups excluding carboxylic acids is 1. The number of hydrogen-bond acceptors (Lipinski definition) is 6. The van der Waals surface area contributed by atoms with Crippen molar-refractivity contribution in [2.75, 3.05) is 32.7 Å². The third kappa shape index (κ3) is 4.21. The van der Waals surface area contributed by atoms with Crippen molar-refractivity contribution >= 4 is 16.6 Å². The Kier molecular flexibility index (Phi) is 4.85. The zero-order chi connectivity index (χ0) is 19.8. The number of hydrogen-bond donors (Lipinski definition) is 0. The van der Waals surface area contributed by atoms with Gasteiger partial charge in [-0.3, -0.25) is 24.3 Å². The van der Waals surface area contributed by atoms with Crippen LogP contribution in [-0.4, -0.2) is 74.3 Å². The van der Waals surface area contributed by atoms with E-state index in [4.69, 9.17) is 0 Å². The Labute approximate surface area is 170 Å². The molecule has 3 aromatic rings. The largest absolute Gasteiger partial charge is 0.298 e. The Morgan fingerprint density at radius 2 is 1.93 bits per heavy atom. The number of aryl methyl sites for hydroxylation is 1. The number of carbonyl (C=O) groups is 1. The van der Waals surface area contributed by atoms with Crippen LogP contribution < -0.4 is 0 Å². The lowest BCUT2D eigenvalue weighted by Crippen LogP contribution is -2.48. The molecule has 1 saturated carbocycles. The van der Waals surface area contributed by atoms with E-state index in [1.165, 1.54) is 12.8 Å². The molecule has 0 bridgehead atoms. The molecule has 1 aliphatic heterocycles. The molecule has 2 aromatic heterocycles. The number of benzene rings is 1. The number of ketones is 1. The van der Waals surface area contributed by atoms with Gasteiger partial charge in [-0.1, -0.05) is 17.3 Å². The average molecular weight is 390 g/mol. The number of Topliss-reactive ketones (excluding diaryl/α,β-unsaturated/α-hetero) is 1. The van der Waals surface area contributed by atoms with E-state index in [0.717, 1.165) is 59.9 Å². The number of aromatic nitrogens is 4. The van der Waals surface area contributed by atoms with Crippen LogP contribution in [-0.2, 0) is 18.3 Å². The van der Waals surface area contributed by atoms with E-state index in [9.17, 15) is 4.79 Å². The molecule has 0 spiro atoms. The van der Waals surface area contributed by atoms with Gasteiger partial charge in [0.15, 0.2) is 5.78 Å². The van der Waals surface area contributed by atoms with E-state index in [1.54, 1.807) is 4.68 Å². The molecule has 29 heavy (non-hydrogen) atoms. The molecule has 2 fully saturated rings. The van der Waals surface area contributed by atoms with Gasteiger partial charge in [0.05, 0.1) is 19.2 Å². The lowest BCUT2D eigenvalue weighted by molar-refractivity contribution is -0.120. The van der Waals surface area contributed by atoms with Crippen LogP contribution in [0.1, 0.15) is 18.5 Å². The van der Waals surface area contributed by atoms with E-state index in [2.05, 4.69) is 31.2 Å². The van der Waals surface area contributed by atoms with Gasteiger partial charge in [0.1, 0.15) is 5.69 Å². The van der Waals surface area contributed by atoms with E-state index in [1.807, 2.05) is 37.6 Å². The fourth-order valence-electron chi connectivity index (χ4n) is 4.16. The van der Waals surface area contributed by atoms with Crippen molar-refractivity contribution in [2.45, 2.75) is 25.3 Å². The van der Waals surface area contributed by atoms with Gasteiger partial charge in [0.2, 0.25) is 0 Å². The van der Waals surface area contributed by atoms with E-state index in [-0.39, 0.29) is 5.78 Å². The minimum absolute atomic E-state index is 0.238. The predicted octanol–water partition coefficient (Wildman–Crippen LogP) is 1.92. The molecular weight excluding hydrogens is 364 g/mol. The number of rotatable bonds is 6. The average Bonchev–Trinajstić information content (AvgIpc) is 3.48. The number of fused-ring (bicyclic) bond motifs is 1. The van der Waals surface area contributed by atoms with Crippen molar-refractivity contribution in [3.63, 3.8) is 0 Å². The SMILES string of the molecule is Cn1cc(-c2ccc3cnc(CC(=O)CN4CCN(C5CC5)CC4)cc3c2)nn1. The van der Waals surface area contributed by atoms with Crippen LogP contribution in [0.5, 0.6) is 0 Å².